The normalized spacial score (nSPS) is 17.0. The lowest BCUT2D eigenvalue weighted by Gasteiger charge is -2.43. The van der Waals surface area contributed by atoms with Crippen molar-refractivity contribution in [3.05, 3.63) is 17.8 Å². The summed E-state index contributed by atoms with van der Waals surface area (Å²) in [5, 5.41) is 2.52. The lowest BCUT2D eigenvalue weighted by Crippen LogP contribution is -2.69. The van der Waals surface area contributed by atoms with Crippen molar-refractivity contribution < 1.29 is 22.3 Å². The fourth-order valence-electron chi connectivity index (χ4n) is 1.99. The molecule has 0 saturated carbocycles. The first kappa shape index (κ1) is 20.0. The van der Waals surface area contributed by atoms with Crippen molar-refractivity contribution in [2.75, 3.05) is 19.8 Å². The third kappa shape index (κ3) is 6.14. The summed E-state index contributed by atoms with van der Waals surface area (Å²) >= 11 is 0. The molecule has 0 bridgehead atoms. The van der Waals surface area contributed by atoms with Crippen molar-refractivity contribution in [2.45, 2.75) is 52.8 Å². The molecule has 23 heavy (non-hydrogen) atoms. The highest BCUT2D eigenvalue weighted by Crippen LogP contribution is 2.36. The first-order chi connectivity index (χ1) is 10.6. The van der Waals surface area contributed by atoms with Crippen LogP contribution in [-0.4, -0.2) is 36.5 Å². The molecule has 1 aromatic rings. The van der Waals surface area contributed by atoms with E-state index in [4.69, 9.17) is 4.42 Å². The second kappa shape index (κ2) is 8.15. The average molecular weight is 336 g/mol. The minimum Gasteiger partial charge on any atom is -0.449 e. The van der Waals surface area contributed by atoms with E-state index in [2.05, 4.69) is 28.9 Å². The zero-order chi connectivity index (χ0) is 17.7. The largest absolute Gasteiger partial charge is 0.449 e. The summed E-state index contributed by atoms with van der Waals surface area (Å²) in [5.74, 6) is 1.62. The number of aryl methyl sites for hydroxylation is 1. The molecule has 1 aliphatic rings. The van der Waals surface area contributed by atoms with Crippen LogP contribution in [0.3, 0.4) is 0 Å². The van der Waals surface area contributed by atoms with Crippen LogP contribution in [0.1, 0.15) is 39.3 Å². The van der Waals surface area contributed by atoms with Crippen molar-refractivity contribution in [1.29, 1.82) is 0 Å². The Bertz CT molecular complexity index is 466. The number of ether oxygens (including phenoxy) is 1. The Balaban J connectivity index is 0.000000238. The third-order valence-electron chi connectivity index (χ3n) is 3.37. The standard InChI is InChI=1S/C8H14F3NO.C8H13NO/c1-6(2)3-12-7(4-13-5-7)8(9,10)11;1-6(2)4-8-5-10-7(3)9-8/h6,12H,3-5H2,1-2H3;5-6H,4H2,1-3H3. The van der Waals surface area contributed by atoms with Gasteiger partial charge in [0.15, 0.2) is 11.4 Å². The van der Waals surface area contributed by atoms with Crippen LogP contribution in [0.5, 0.6) is 0 Å². The SMILES string of the molecule is CC(C)CNC1(C(F)(F)F)COC1.Cc1nc(CC(C)C)co1. The summed E-state index contributed by atoms with van der Waals surface area (Å²) in [7, 11) is 0. The summed E-state index contributed by atoms with van der Waals surface area (Å²) in [6.07, 6.45) is -1.47. The summed E-state index contributed by atoms with van der Waals surface area (Å²) in [6.45, 7) is 9.79. The second-order valence-electron chi connectivity index (χ2n) is 6.80. The van der Waals surface area contributed by atoms with E-state index in [1.165, 1.54) is 0 Å². The molecule has 4 nitrogen and oxygen atoms in total. The number of hydrogen-bond acceptors (Lipinski definition) is 4. The Kier molecular flexibility index (Phi) is 7.07. The van der Waals surface area contributed by atoms with Gasteiger partial charge in [0.05, 0.1) is 18.9 Å². The van der Waals surface area contributed by atoms with Gasteiger partial charge < -0.3 is 9.15 Å². The van der Waals surface area contributed by atoms with Gasteiger partial charge in [-0.3, -0.25) is 5.32 Å². The minimum absolute atomic E-state index is 0.208. The molecular weight excluding hydrogens is 309 g/mol. The minimum atomic E-state index is -4.21. The first-order valence-electron chi connectivity index (χ1n) is 7.86. The van der Waals surface area contributed by atoms with Crippen LogP contribution in [0, 0.1) is 18.8 Å². The molecule has 0 spiro atoms. The number of halogens is 3. The number of rotatable bonds is 5. The van der Waals surface area contributed by atoms with Crippen LogP contribution in [0.2, 0.25) is 0 Å². The summed E-state index contributed by atoms with van der Waals surface area (Å²) in [4.78, 5) is 4.18. The van der Waals surface area contributed by atoms with E-state index in [0.717, 1.165) is 18.0 Å². The molecule has 0 amide bonds. The van der Waals surface area contributed by atoms with Crippen molar-refractivity contribution >= 4 is 0 Å². The molecule has 0 radical (unpaired) electrons. The van der Waals surface area contributed by atoms with Crippen molar-refractivity contribution in [3.63, 3.8) is 0 Å². The molecule has 1 aliphatic heterocycles. The molecule has 1 aromatic heterocycles. The fraction of sp³-hybridized carbons (Fsp3) is 0.812. The van der Waals surface area contributed by atoms with E-state index in [9.17, 15) is 13.2 Å². The van der Waals surface area contributed by atoms with E-state index < -0.39 is 11.7 Å². The lowest BCUT2D eigenvalue weighted by molar-refractivity contribution is -0.268. The second-order valence-corrected chi connectivity index (χ2v) is 6.80. The fourth-order valence-corrected chi connectivity index (χ4v) is 1.99. The zero-order valence-corrected chi connectivity index (χ0v) is 14.5. The third-order valence-corrected chi connectivity index (χ3v) is 3.37. The van der Waals surface area contributed by atoms with Crippen LogP contribution in [-0.2, 0) is 11.2 Å². The van der Waals surface area contributed by atoms with Gasteiger partial charge in [-0.25, -0.2) is 4.98 Å². The van der Waals surface area contributed by atoms with E-state index in [0.29, 0.717) is 12.5 Å². The highest BCUT2D eigenvalue weighted by atomic mass is 19.4. The molecular formula is C16H27F3N2O2. The van der Waals surface area contributed by atoms with Gasteiger partial charge in [0.2, 0.25) is 0 Å². The van der Waals surface area contributed by atoms with E-state index in [1.54, 1.807) is 6.26 Å². The van der Waals surface area contributed by atoms with Crippen LogP contribution >= 0.6 is 0 Å². The summed E-state index contributed by atoms with van der Waals surface area (Å²) in [5.41, 5.74) is -0.718. The monoisotopic (exact) mass is 336 g/mol. The van der Waals surface area contributed by atoms with Gasteiger partial charge in [0.1, 0.15) is 6.26 Å². The average Bonchev–Trinajstić information content (AvgIpc) is 2.70. The number of oxazole rings is 1. The Morgan fingerprint density at radius 3 is 2.13 bits per heavy atom. The number of nitrogens with one attached hydrogen (secondary N) is 1. The molecule has 1 N–H and O–H groups in total. The maximum Gasteiger partial charge on any atom is 0.411 e. The van der Waals surface area contributed by atoms with Crippen LogP contribution < -0.4 is 5.32 Å². The van der Waals surface area contributed by atoms with Crippen molar-refractivity contribution in [3.8, 4) is 0 Å². The van der Waals surface area contributed by atoms with E-state index in [-0.39, 0.29) is 19.1 Å². The Hall–Kier alpha value is -1.08. The van der Waals surface area contributed by atoms with Crippen LogP contribution in [0.15, 0.2) is 10.7 Å². The maximum atomic E-state index is 12.5. The highest BCUT2D eigenvalue weighted by molar-refractivity contribution is 5.01. The first-order valence-corrected chi connectivity index (χ1v) is 7.86. The predicted molar refractivity (Wildman–Crippen MR) is 82.2 cm³/mol. The highest BCUT2D eigenvalue weighted by Gasteiger charge is 2.59. The topological polar surface area (TPSA) is 47.3 Å². The van der Waals surface area contributed by atoms with Gasteiger partial charge in [-0.05, 0) is 24.8 Å². The molecule has 2 rings (SSSR count). The molecule has 2 heterocycles. The quantitative estimate of drug-likeness (QED) is 0.890. The van der Waals surface area contributed by atoms with Gasteiger partial charge in [-0.15, -0.1) is 0 Å². The van der Waals surface area contributed by atoms with Gasteiger partial charge in [-0.1, -0.05) is 27.7 Å². The predicted octanol–water partition coefficient (Wildman–Crippen LogP) is 3.74. The zero-order valence-electron chi connectivity index (χ0n) is 14.5. The van der Waals surface area contributed by atoms with E-state index >= 15 is 0 Å². The van der Waals surface area contributed by atoms with Crippen molar-refractivity contribution in [2.24, 2.45) is 11.8 Å². The Morgan fingerprint density at radius 2 is 1.83 bits per heavy atom. The lowest BCUT2D eigenvalue weighted by atomic mass is 9.96. The molecule has 134 valence electrons. The number of alkyl halides is 3. The van der Waals surface area contributed by atoms with Gasteiger partial charge in [0, 0.05) is 6.92 Å². The molecule has 0 aromatic carbocycles. The van der Waals surface area contributed by atoms with Gasteiger partial charge >= 0.3 is 6.18 Å². The summed E-state index contributed by atoms with van der Waals surface area (Å²) in [6, 6.07) is 0. The number of nitrogens with zero attached hydrogens (tertiary/aromatic N) is 1. The molecule has 0 aliphatic carbocycles. The molecule has 7 heteroatoms. The molecule has 0 unspecified atom stereocenters. The van der Waals surface area contributed by atoms with Crippen LogP contribution in [0.25, 0.3) is 0 Å². The smallest absolute Gasteiger partial charge is 0.411 e. The van der Waals surface area contributed by atoms with Crippen molar-refractivity contribution in [1.82, 2.24) is 10.3 Å². The van der Waals surface area contributed by atoms with Crippen LogP contribution in [0.4, 0.5) is 13.2 Å². The molecule has 1 fully saturated rings. The maximum absolute atomic E-state index is 12.5. The Morgan fingerprint density at radius 1 is 1.22 bits per heavy atom. The van der Waals surface area contributed by atoms with Gasteiger partial charge in [0.25, 0.3) is 0 Å². The summed E-state index contributed by atoms with van der Waals surface area (Å²) < 4.78 is 47.1. The van der Waals surface area contributed by atoms with E-state index in [1.807, 2.05) is 20.8 Å². The molecule has 1 saturated heterocycles. The van der Waals surface area contributed by atoms with Gasteiger partial charge in [-0.2, -0.15) is 13.2 Å². The Labute approximate surface area is 135 Å². The number of hydrogen-bond donors (Lipinski definition) is 1. The number of aromatic nitrogens is 1. The molecule has 0 atom stereocenters.